The van der Waals surface area contributed by atoms with E-state index in [0.29, 0.717) is 16.9 Å². The lowest BCUT2D eigenvalue weighted by Gasteiger charge is -2.34. The van der Waals surface area contributed by atoms with Crippen LogP contribution in [0, 0.1) is 11.8 Å². The Hall–Kier alpha value is -1.56. The number of nitrogens with zero attached hydrogens (tertiary/aromatic N) is 2. The van der Waals surface area contributed by atoms with Crippen molar-refractivity contribution in [3.63, 3.8) is 0 Å². The zero-order valence-corrected chi connectivity index (χ0v) is 22.4. The van der Waals surface area contributed by atoms with E-state index in [9.17, 15) is 0 Å². The highest BCUT2D eigenvalue weighted by Gasteiger charge is 2.35. The number of rotatable bonds is 9. The largest absolute Gasteiger partial charge is 0.494 e. The molecule has 0 amide bonds. The van der Waals surface area contributed by atoms with Gasteiger partial charge in [0.25, 0.3) is 0 Å². The van der Waals surface area contributed by atoms with Crippen LogP contribution in [0.3, 0.4) is 0 Å². The van der Waals surface area contributed by atoms with Crippen molar-refractivity contribution in [3.8, 4) is 5.75 Å². The first-order valence-electron chi connectivity index (χ1n) is 12.7. The molecule has 2 atom stereocenters. The second-order valence-electron chi connectivity index (χ2n) is 10.0. The van der Waals surface area contributed by atoms with Gasteiger partial charge in [-0.3, -0.25) is 4.90 Å². The Morgan fingerprint density at radius 3 is 2.51 bits per heavy atom. The number of hydrogen-bond donors (Lipinski definition) is 0. The van der Waals surface area contributed by atoms with Gasteiger partial charge in [0.15, 0.2) is 0 Å². The summed E-state index contributed by atoms with van der Waals surface area (Å²) in [5.74, 6) is 2.99. The number of thiophene rings is 1. The first-order valence-corrected chi connectivity index (χ1v) is 14.4. The molecule has 0 radical (unpaired) electrons. The van der Waals surface area contributed by atoms with Crippen molar-refractivity contribution in [2.75, 3.05) is 39.3 Å². The van der Waals surface area contributed by atoms with Crippen molar-refractivity contribution < 1.29 is 4.74 Å². The van der Waals surface area contributed by atoms with Gasteiger partial charge in [-0.25, -0.2) is 0 Å². The number of halogens is 2. The minimum atomic E-state index is 0.587. The third-order valence-corrected chi connectivity index (χ3v) is 8.92. The van der Waals surface area contributed by atoms with Crippen molar-refractivity contribution in [2.45, 2.75) is 31.7 Å². The van der Waals surface area contributed by atoms with Crippen LogP contribution >= 0.6 is 34.5 Å². The summed E-state index contributed by atoms with van der Waals surface area (Å²) in [5, 5.41) is 6.03. The molecule has 2 aliphatic rings. The number of para-hydroxylation sites is 1. The molecule has 3 nitrogen and oxygen atoms in total. The van der Waals surface area contributed by atoms with Crippen LogP contribution in [-0.4, -0.2) is 49.1 Å². The number of hydrogen-bond acceptors (Lipinski definition) is 4. The van der Waals surface area contributed by atoms with E-state index in [4.69, 9.17) is 27.9 Å². The number of likely N-dealkylation sites (tertiary alicyclic amines) is 2. The van der Waals surface area contributed by atoms with Gasteiger partial charge in [0.1, 0.15) is 5.75 Å². The van der Waals surface area contributed by atoms with Gasteiger partial charge in [-0.2, -0.15) is 11.3 Å². The molecular weight excluding hydrogens is 495 g/mol. The van der Waals surface area contributed by atoms with Crippen LogP contribution in [-0.2, 0) is 6.54 Å². The van der Waals surface area contributed by atoms with E-state index < -0.39 is 0 Å². The second-order valence-corrected chi connectivity index (χ2v) is 11.7. The van der Waals surface area contributed by atoms with Gasteiger partial charge in [0, 0.05) is 42.1 Å². The molecule has 2 aromatic carbocycles. The molecule has 2 aliphatic heterocycles. The normalized spacial score (nSPS) is 22.0. The van der Waals surface area contributed by atoms with Gasteiger partial charge < -0.3 is 9.64 Å². The SMILES string of the molecule is Clc1ccc(CN2CC(CN3CCC(CCOc4ccccc4)CC3)[C@H](c3ccsc3)C2)c(Cl)c1. The standard InChI is InChI=1S/C29H34Cl2N2OS/c30-26-7-6-23(29(31)16-26)17-33-19-25(28(20-33)24-11-15-35-21-24)18-32-12-8-22(9-13-32)10-14-34-27-4-2-1-3-5-27/h1-7,11,15-16,21-22,25,28H,8-10,12-14,17-20H2/t25?,28-/m0/s1. The Kier molecular flexibility index (Phi) is 8.69. The molecule has 1 aromatic heterocycles. The van der Waals surface area contributed by atoms with Gasteiger partial charge in [-0.15, -0.1) is 0 Å². The zero-order chi connectivity index (χ0) is 24.0. The summed E-state index contributed by atoms with van der Waals surface area (Å²) in [4.78, 5) is 5.28. The third-order valence-electron chi connectivity index (χ3n) is 7.63. The Morgan fingerprint density at radius 2 is 1.77 bits per heavy atom. The van der Waals surface area contributed by atoms with Crippen molar-refractivity contribution in [3.05, 3.63) is 86.5 Å². The quantitative estimate of drug-likeness (QED) is 0.286. The molecule has 0 saturated carbocycles. The predicted molar refractivity (Wildman–Crippen MR) is 148 cm³/mol. The summed E-state index contributed by atoms with van der Waals surface area (Å²) in [7, 11) is 0. The average molecular weight is 530 g/mol. The first-order chi connectivity index (χ1) is 17.1. The van der Waals surface area contributed by atoms with E-state index >= 15 is 0 Å². The minimum Gasteiger partial charge on any atom is -0.494 e. The highest BCUT2D eigenvalue weighted by Crippen LogP contribution is 2.36. The van der Waals surface area contributed by atoms with E-state index in [1.165, 1.54) is 43.6 Å². The van der Waals surface area contributed by atoms with Crippen molar-refractivity contribution >= 4 is 34.5 Å². The Labute approximate surface area is 223 Å². The molecular formula is C29H34Cl2N2OS. The highest BCUT2D eigenvalue weighted by molar-refractivity contribution is 7.08. The maximum absolute atomic E-state index is 6.49. The number of benzene rings is 2. The maximum atomic E-state index is 6.49. The summed E-state index contributed by atoms with van der Waals surface area (Å²) in [6.45, 7) is 7.49. The van der Waals surface area contributed by atoms with E-state index in [0.717, 1.165) is 49.4 Å². The summed E-state index contributed by atoms with van der Waals surface area (Å²) in [5.41, 5.74) is 2.66. The number of ether oxygens (including phenoxy) is 1. The van der Waals surface area contributed by atoms with Crippen LogP contribution in [0.4, 0.5) is 0 Å². The fraction of sp³-hybridized carbons (Fsp3) is 0.448. The summed E-state index contributed by atoms with van der Waals surface area (Å²) in [6, 6.07) is 18.4. The smallest absolute Gasteiger partial charge is 0.119 e. The van der Waals surface area contributed by atoms with Gasteiger partial charge in [-0.05, 0) is 96.4 Å². The van der Waals surface area contributed by atoms with E-state index in [1.807, 2.05) is 53.8 Å². The van der Waals surface area contributed by atoms with Crippen LogP contribution in [0.5, 0.6) is 5.75 Å². The molecule has 186 valence electrons. The molecule has 2 fully saturated rings. The molecule has 3 aromatic rings. The van der Waals surface area contributed by atoms with Crippen LogP contribution in [0.25, 0.3) is 0 Å². The number of piperidine rings is 1. The molecule has 0 aliphatic carbocycles. The second kappa shape index (κ2) is 12.1. The fourth-order valence-corrected chi connectivity index (χ4v) is 6.87. The Morgan fingerprint density at radius 1 is 0.943 bits per heavy atom. The first kappa shape index (κ1) is 25.1. The molecule has 6 heteroatoms. The molecule has 1 unspecified atom stereocenters. The lowest BCUT2D eigenvalue weighted by atomic mass is 9.88. The summed E-state index contributed by atoms with van der Waals surface area (Å²) >= 11 is 14.4. The lowest BCUT2D eigenvalue weighted by molar-refractivity contribution is 0.142. The monoisotopic (exact) mass is 528 g/mol. The molecule has 2 saturated heterocycles. The molecule has 0 bridgehead atoms. The molecule has 5 rings (SSSR count). The molecule has 0 spiro atoms. The zero-order valence-electron chi connectivity index (χ0n) is 20.1. The summed E-state index contributed by atoms with van der Waals surface area (Å²) in [6.07, 6.45) is 3.70. The van der Waals surface area contributed by atoms with Crippen molar-refractivity contribution in [1.82, 2.24) is 9.80 Å². The minimum absolute atomic E-state index is 0.587. The van der Waals surface area contributed by atoms with Crippen LogP contribution < -0.4 is 4.74 Å². The Bertz CT molecular complexity index is 1050. The van der Waals surface area contributed by atoms with Gasteiger partial charge in [0.2, 0.25) is 0 Å². The lowest BCUT2D eigenvalue weighted by Crippen LogP contribution is -2.39. The maximum Gasteiger partial charge on any atom is 0.119 e. The van der Waals surface area contributed by atoms with E-state index in [1.54, 1.807) is 0 Å². The topological polar surface area (TPSA) is 15.7 Å². The van der Waals surface area contributed by atoms with Gasteiger partial charge >= 0.3 is 0 Å². The van der Waals surface area contributed by atoms with Crippen LogP contribution in [0.15, 0.2) is 65.4 Å². The molecule has 3 heterocycles. The van der Waals surface area contributed by atoms with Crippen LogP contribution in [0.2, 0.25) is 10.0 Å². The van der Waals surface area contributed by atoms with Crippen molar-refractivity contribution in [1.29, 1.82) is 0 Å². The third kappa shape index (κ3) is 6.81. The van der Waals surface area contributed by atoms with Crippen LogP contribution in [0.1, 0.15) is 36.3 Å². The van der Waals surface area contributed by atoms with Gasteiger partial charge in [0.05, 0.1) is 6.61 Å². The molecule has 0 N–H and O–H groups in total. The Balaban J connectivity index is 1.13. The highest BCUT2D eigenvalue weighted by atomic mass is 35.5. The predicted octanol–water partition coefficient (Wildman–Crippen LogP) is 7.45. The molecule has 35 heavy (non-hydrogen) atoms. The van der Waals surface area contributed by atoms with E-state index in [-0.39, 0.29) is 0 Å². The summed E-state index contributed by atoms with van der Waals surface area (Å²) < 4.78 is 5.94. The fourth-order valence-electron chi connectivity index (χ4n) is 5.68. The van der Waals surface area contributed by atoms with Gasteiger partial charge in [-0.1, -0.05) is 47.5 Å². The van der Waals surface area contributed by atoms with E-state index in [2.05, 4.69) is 32.7 Å². The van der Waals surface area contributed by atoms with Crippen molar-refractivity contribution in [2.24, 2.45) is 11.8 Å². The average Bonchev–Trinajstić information content (AvgIpc) is 3.53.